The lowest BCUT2D eigenvalue weighted by atomic mass is 10.2. The van der Waals surface area contributed by atoms with Gasteiger partial charge in [0.05, 0.1) is 5.52 Å². The van der Waals surface area contributed by atoms with Crippen LogP contribution in [0.5, 0.6) is 0 Å². The van der Waals surface area contributed by atoms with Crippen LogP contribution in [0, 0.1) is 6.92 Å². The minimum atomic E-state index is 0.523. The zero-order chi connectivity index (χ0) is 10.4. The summed E-state index contributed by atoms with van der Waals surface area (Å²) in [6.07, 6.45) is 5.34. The summed E-state index contributed by atoms with van der Waals surface area (Å²) in [6.45, 7) is 2.01. The second kappa shape index (κ2) is 2.94. The Morgan fingerprint density at radius 2 is 2.20 bits per heavy atom. The third-order valence-electron chi connectivity index (χ3n) is 2.57. The van der Waals surface area contributed by atoms with Crippen molar-refractivity contribution in [3.05, 3.63) is 35.4 Å². The Kier molecular flexibility index (Phi) is 1.70. The minimum absolute atomic E-state index is 0.523. The number of fused-ring (bicyclic) bond motifs is 3. The van der Waals surface area contributed by atoms with Crippen molar-refractivity contribution in [2.75, 3.05) is 0 Å². The summed E-state index contributed by atoms with van der Waals surface area (Å²) in [4.78, 5) is 11.6. The predicted octanol–water partition coefficient (Wildman–Crippen LogP) is 3.07. The number of nitrogens with one attached hydrogen (secondary N) is 1. The molecule has 3 rings (SSSR count). The second-order valence-corrected chi connectivity index (χ2v) is 3.89. The molecule has 3 aromatic heterocycles. The van der Waals surface area contributed by atoms with E-state index in [1.54, 1.807) is 18.6 Å². The van der Waals surface area contributed by atoms with E-state index in [9.17, 15) is 0 Å². The molecule has 0 saturated carbocycles. The normalized spacial score (nSPS) is 11.3. The Bertz CT molecular complexity index is 657. The lowest BCUT2D eigenvalue weighted by Gasteiger charge is -1.96. The Morgan fingerprint density at radius 1 is 1.33 bits per heavy atom. The van der Waals surface area contributed by atoms with Crippen molar-refractivity contribution in [3.8, 4) is 0 Å². The van der Waals surface area contributed by atoms with E-state index in [0.717, 1.165) is 27.4 Å². The van der Waals surface area contributed by atoms with Crippen LogP contribution in [0.4, 0.5) is 0 Å². The smallest absolute Gasteiger partial charge is 0.139 e. The van der Waals surface area contributed by atoms with Crippen molar-refractivity contribution < 1.29 is 0 Å². The molecule has 0 aliphatic heterocycles. The first-order valence-electron chi connectivity index (χ1n) is 4.64. The van der Waals surface area contributed by atoms with Gasteiger partial charge in [-0.15, -0.1) is 0 Å². The highest BCUT2D eigenvalue weighted by atomic mass is 35.5. The number of aromatic amines is 1. The molecule has 0 spiro atoms. The highest BCUT2D eigenvalue weighted by Gasteiger charge is 2.10. The van der Waals surface area contributed by atoms with Crippen LogP contribution in [0.15, 0.2) is 24.7 Å². The van der Waals surface area contributed by atoms with Gasteiger partial charge in [0, 0.05) is 34.9 Å². The Labute approximate surface area is 91.1 Å². The van der Waals surface area contributed by atoms with Crippen LogP contribution >= 0.6 is 11.6 Å². The van der Waals surface area contributed by atoms with Crippen LogP contribution in [-0.2, 0) is 0 Å². The molecule has 74 valence electrons. The molecule has 0 aliphatic carbocycles. The van der Waals surface area contributed by atoms with Gasteiger partial charge in [0.25, 0.3) is 0 Å². The van der Waals surface area contributed by atoms with E-state index in [0.29, 0.717) is 5.15 Å². The summed E-state index contributed by atoms with van der Waals surface area (Å²) >= 11 is 6.09. The Morgan fingerprint density at radius 3 is 3.07 bits per heavy atom. The number of nitrogens with zero attached hydrogens (tertiary/aromatic N) is 2. The third-order valence-corrected chi connectivity index (χ3v) is 2.86. The van der Waals surface area contributed by atoms with Crippen molar-refractivity contribution in [1.82, 2.24) is 15.0 Å². The van der Waals surface area contributed by atoms with Gasteiger partial charge < -0.3 is 4.98 Å². The topological polar surface area (TPSA) is 41.6 Å². The maximum atomic E-state index is 6.09. The summed E-state index contributed by atoms with van der Waals surface area (Å²) < 4.78 is 0. The molecule has 4 heteroatoms. The summed E-state index contributed by atoms with van der Waals surface area (Å²) in [5.74, 6) is 0. The first-order valence-corrected chi connectivity index (χ1v) is 5.01. The molecule has 0 bridgehead atoms. The Balaban J connectivity index is 2.66. The fraction of sp³-hybridized carbons (Fsp3) is 0.0909. The van der Waals surface area contributed by atoms with Crippen LogP contribution in [0.1, 0.15) is 5.56 Å². The SMILES string of the molecule is Cc1cnc(Cl)c2c1[nH]c1ccncc12. The predicted molar refractivity (Wildman–Crippen MR) is 61.1 cm³/mol. The van der Waals surface area contributed by atoms with Gasteiger partial charge in [0.2, 0.25) is 0 Å². The van der Waals surface area contributed by atoms with E-state index in [1.807, 2.05) is 13.0 Å². The van der Waals surface area contributed by atoms with Crippen molar-refractivity contribution in [1.29, 1.82) is 0 Å². The number of hydrogen-bond donors (Lipinski definition) is 1. The van der Waals surface area contributed by atoms with Gasteiger partial charge in [-0.3, -0.25) is 4.98 Å². The molecule has 15 heavy (non-hydrogen) atoms. The molecule has 3 nitrogen and oxygen atoms in total. The number of aryl methyl sites for hydroxylation is 1. The largest absolute Gasteiger partial charge is 0.354 e. The fourth-order valence-corrected chi connectivity index (χ4v) is 2.07. The first kappa shape index (κ1) is 8.68. The molecular formula is C11H8ClN3. The molecule has 0 aliphatic rings. The van der Waals surface area contributed by atoms with Crippen molar-refractivity contribution in [2.24, 2.45) is 0 Å². The number of pyridine rings is 2. The highest BCUT2D eigenvalue weighted by molar-refractivity contribution is 6.36. The molecule has 1 N–H and O–H groups in total. The Hall–Kier alpha value is -1.61. The zero-order valence-electron chi connectivity index (χ0n) is 8.08. The van der Waals surface area contributed by atoms with Gasteiger partial charge >= 0.3 is 0 Å². The lowest BCUT2D eigenvalue weighted by Crippen LogP contribution is -1.81. The fourth-order valence-electron chi connectivity index (χ4n) is 1.83. The second-order valence-electron chi connectivity index (χ2n) is 3.53. The standard InChI is InChI=1S/C11H8ClN3/c1-6-4-14-11(12)9-7-5-13-3-2-8(7)15-10(6)9/h2-5,15H,1H3. The molecule has 0 radical (unpaired) electrons. The summed E-state index contributed by atoms with van der Waals surface area (Å²) in [6, 6.07) is 1.94. The van der Waals surface area contributed by atoms with Crippen molar-refractivity contribution >= 4 is 33.4 Å². The van der Waals surface area contributed by atoms with E-state index < -0.39 is 0 Å². The third kappa shape index (κ3) is 1.13. The molecule has 3 heterocycles. The van der Waals surface area contributed by atoms with E-state index in [2.05, 4.69) is 15.0 Å². The van der Waals surface area contributed by atoms with Crippen LogP contribution in [0.2, 0.25) is 5.15 Å². The average molecular weight is 218 g/mol. The van der Waals surface area contributed by atoms with E-state index in [-0.39, 0.29) is 0 Å². The maximum absolute atomic E-state index is 6.09. The summed E-state index contributed by atoms with van der Waals surface area (Å²) in [5, 5.41) is 2.50. The number of halogens is 1. The van der Waals surface area contributed by atoms with E-state index in [1.165, 1.54) is 0 Å². The van der Waals surface area contributed by atoms with E-state index in [4.69, 9.17) is 11.6 Å². The summed E-state index contributed by atoms with van der Waals surface area (Å²) in [5.41, 5.74) is 3.17. The number of hydrogen-bond acceptors (Lipinski definition) is 2. The number of rotatable bonds is 0. The van der Waals surface area contributed by atoms with Crippen molar-refractivity contribution in [3.63, 3.8) is 0 Å². The molecule has 0 saturated heterocycles. The molecule has 0 unspecified atom stereocenters. The van der Waals surface area contributed by atoms with Gasteiger partial charge in [0.1, 0.15) is 5.15 Å². The van der Waals surface area contributed by atoms with Crippen LogP contribution < -0.4 is 0 Å². The van der Waals surface area contributed by atoms with Gasteiger partial charge in [-0.1, -0.05) is 11.6 Å². The number of H-pyrrole nitrogens is 1. The van der Waals surface area contributed by atoms with Gasteiger partial charge in [-0.2, -0.15) is 0 Å². The summed E-state index contributed by atoms with van der Waals surface area (Å²) in [7, 11) is 0. The molecule has 0 amide bonds. The van der Waals surface area contributed by atoms with Crippen molar-refractivity contribution in [2.45, 2.75) is 6.92 Å². The number of aromatic nitrogens is 3. The van der Waals surface area contributed by atoms with Crippen LogP contribution in [0.3, 0.4) is 0 Å². The molecular weight excluding hydrogens is 210 g/mol. The molecule has 3 aromatic rings. The zero-order valence-corrected chi connectivity index (χ0v) is 8.84. The molecule has 0 atom stereocenters. The first-order chi connectivity index (χ1) is 7.27. The van der Waals surface area contributed by atoms with E-state index >= 15 is 0 Å². The van der Waals surface area contributed by atoms with Crippen LogP contribution in [0.25, 0.3) is 21.8 Å². The maximum Gasteiger partial charge on any atom is 0.139 e. The molecule has 0 aromatic carbocycles. The highest BCUT2D eigenvalue weighted by Crippen LogP contribution is 2.30. The lowest BCUT2D eigenvalue weighted by molar-refractivity contribution is 1.30. The quantitative estimate of drug-likeness (QED) is 0.588. The van der Waals surface area contributed by atoms with Gasteiger partial charge in [0.15, 0.2) is 0 Å². The van der Waals surface area contributed by atoms with Gasteiger partial charge in [-0.25, -0.2) is 4.98 Å². The average Bonchev–Trinajstić information content (AvgIpc) is 2.64. The minimum Gasteiger partial charge on any atom is -0.354 e. The molecule has 0 fully saturated rings. The van der Waals surface area contributed by atoms with Crippen LogP contribution in [-0.4, -0.2) is 15.0 Å². The monoisotopic (exact) mass is 217 g/mol. The van der Waals surface area contributed by atoms with Gasteiger partial charge in [-0.05, 0) is 18.6 Å².